The maximum absolute atomic E-state index is 5.45. The summed E-state index contributed by atoms with van der Waals surface area (Å²) in [4.78, 5) is 4.39. The monoisotopic (exact) mass is 216 g/mol. The third-order valence-electron chi connectivity index (χ3n) is 2.73. The number of aryl methyl sites for hydroxylation is 2. The third kappa shape index (κ3) is 2.08. The number of rotatable bonds is 3. The lowest BCUT2D eigenvalue weighted by Gasteiger charge is -2.02. The summed E-state index contributed by atoms with van der Waals surface area (Å²) in [7, 11) is 1.81. The number of nitrogens with one attached hydrogen (secondary N) is 1. The standard InChI is InChI=1S/C13H16N2O/c1-9-6-4-5-7-11(9)8-12-10(2)16-13(14-3)15-12/h4-7H,8H2,1-3H3,(H,14,15). The summed E-state index contributed by atoms with van der Waals surface area (Å²) < 4.78 is 5.45. The topological polar surface area (TPSA) is 38.1 Å². The lowest BCUT2D eigenvalue weighted by atomic mass is 10.0. The molecule has 1 aromatic heterocycles. The highest BCUT2D eigenvalue weighted by molar-refractivity contribution is 5.33. The molecule has 0 fully saturated rings. The Labute approximate surface area is 95.5 Å². The Morgan fingerprint density at radius 3 is 2.62 bits per heavy atom. The number of benzene rings is 1. The lowest BCUT2D eigenvalue weighted by Crippen LogP contribution is -1.94. The van der Waals surface area contributed by atoms with Gasteiger partial charge in [-0.1, -0.05) is 24.3 Å². The summed E-state index contributed by atoms with van der Waals surface area (Å²) in [5.41, 5.74) is 3.58. The van der Waals surface area contributed by atoms with Crippen LogP contribution in [0.1, 0.15) is 22.6 Å². The summed E-state index contributed by atoms with van der Waals surface area (Å²) in [6.45, 7) is 4.06. The molecule has 0 bridgehead atoms. The van der Waals surface area contributed by atoms with Crippen LogP contribution in [0.4, 0.5) is 6.01 Å². The Bertz CT molecular complexity index is 488. The molecule has 0 aliphatic rings. The minimum Gasteiger partial charge on any atom is -0.429 e. The first-order valence-electron chi connectivity index (χ1n) is 5.39. The SMILES string of the molecule is CNc1nc(Cc2ccccc2C)c(C)o1. The van der Waals surface area contributed by atoms with Crippen LogP contribution >= 0.6 is 0 Å². The number of nitrogens with zero attached hydrogens (tertiary/aromatic N) is 1. The molecule has 16 heavy (non-hydrogen) atoms. The molecule has 0 amide bonds. The molecule has 1 heterocycles. The summed E-state index contributed by atoms with van der Waals surface area (Å²) in [6.07, 6.45) is 0.823. The van der Waals surface area contributed by atoms with E-state index in [1.165, 1.54) is 11.1 Å². The van der Waals surface area contributed by atoms with E-state index in [1.54, 1.807) is 0 Å². The largest absolute Gasteiger partial charge is 0.429 e. The van der Waals surface area contributed by atoms with E-state index >= 15 is 0 Å². The lowest BCUT2D eigenvalue weighted by molar-refractivity contribution is 0.541. The van der Waals surface area contributed by atoms with Gasteiger partial charge in [-0.15, -0.1) is 0 Å². The van der Waals surface area contributed by atoms with Crippen LogP contribution in [0.25, 0.3) is 0 Å². The van der Waals surface area contributed by atoms with E-state index in [1.807, 2.05) is 20.0 Å². The molecule has 2 aromatic rings. The second-order valence-electron chi connectivity index (χ2n) is 3.88. The number of hydrogen-bond donors (Lipinski definition) is 1. The van der Waals surface area contributed by atoms with Gasteiger partial charge in [0.25, 0.3) is 6.01 Å². The normalized spacial score (nSPS) is 10.4. The Morgan fingerprint density at radius 2 is 2.00 bits per heavy atom. The maximum Gasteiger partial charge on any atom is 0.294 e. The van der Waals surface area contributed by atoms with Gasteiger partial charge in [0.05, 0.1) is 5.69 Å². The molecule has 84 valence electrons. The van der Waals surface area contributed by atoms with Crippen LogP contribution < -0.4 is 5.32 Å². The van der Waals surface area contributed by atoms with Gasteiger partial charge in [-0.05, 0) is 25.0 Å². The molecule has 0 spiro atoms. The van der Waals surface area contributed by atoms with Crippen LogP contribution in [0.15, 0.2) is 28.7 Å². The van der Waals surface area contributed by atoms with Gasteiger partial charge >= 0.3 is 0 Å². The molecule has 3 heteroatoms. The van der Waals surface area contributed by atoms with Crippen molar-refractivity contribution < 1.29 is 4.42 Å². The highest BCUT2D eigenvalue weighted by Crippen LogP contribution is 2.18. The summed E-state index contributed by atoms with van der Waals surface area (Å²) in [5, 5.41) is 2.91. The predicted octanol–water partition coefficient (Wildman–Crippen LogP) is 2.92. The van der Waals surface area contributed by atoms with E-state index in [9.17, 15) is 0 Å². The van der Waals surface area contributed by atoms with E-state index < -0.39 is 0 Å². The van der Waals surface area contributed by atoms with Crippen molar-refractivity contribution in [2.45, 2.75) is 20.3 Å². The summed E-state index contributed by atoms with van der Waals surface area (Å²) in [5.74, 6) is 0.882. The zero-order valence-corrected chi connectivity index (χ0v) is 9.87. The Morgan fingerprint density at radius 1 is 1.25 bits per heavy atom. The van der Waals surface area contributed by atoms with Gasteiger partial charge in [-0.2, -0.15) is 4.98 Å². The quantitative estimate of drug-likeness (QED) is 0.857. The van der Waals surface area contributed by atoms with Crippen molar-refractivity contribution in [1.29, 1.82) is 0 Å². The van der Waals surface area contributed by atoms with Crippen LogP contribution in [0.5, 0.6) is 0 Å². The molecule has 1 aromatic carbocycles. The van der Waals surface area contributed by atoms with Crippen LogP contribution in [0.3, 0.4) is 0 Å². The fourth-order valence-electron chi connectivity index (χ4n) is 1.69. The zero-order chi connectivity index (χ0) is 11.5. The molecule has 0 atom stereocenters. The molecule has 0 radical (unpaired) electrons. The van der Waals surface area contributed by atoms with Gasteiger partial charge in [0.1, 0.15) is 5.76 Å². The smallest absolute Gasteiger partial charge is 0.294 e. The van der Waals surface area contributed by atoms with E-state index in [2.05, 4.69) is 35.4 Å². The molecule has 3 nitrogen and oxygen atoms in total. The fraction of sp³-hybridized carbons (Fsp3) is 0.308. The first-order valence-corrected chi connectivity index (χ1v) is 5.39. The predicted molar refractivity (Wildman–Crippen MR) is 64.8 cm³/mol. The van der Waals surface area contributed by atoms with Crippen molar-refractivity contribution in [2.24, 2.45) is 0 Å². The van der Waals surface area contributed by atoms with Gasteiger partial charge in [0.2, 0.25) is 0 Å². The van der Waals surface area contributed by atoms with Crippen molar-refractivity contribution in [3.05, 3.63) is 46.8 Å². The van der Waals surface area contributed by atoms with Crippen LogP contribution in [0.2, 0.25) is 0 Å². The molecule has 0 unspecified atom stereocenters. The molecular formula is C13H16N2O. The van der Waals surface area contributed by atoms with Gasteiger partial charge in [0, 0.05) is 13.5 Å². The van der Waals surface area contributed by atoms with Crippen molar-refractivity contribution in [3.63, 3.8) is 0 Å². The Balaban J connectivity index is 2.27. The van der Waals surface area contributed by atoms with E-state index in [4.69, 9.17) is 4.42 Å². The second-order valence-corrected chi connectivity index (χ2v) is 3.88. The van der Waals surface area contributed by atoms with E-state index in [-0.39, 0.29) is 0 Å². The molecule has 0 saturated carbocycles. The van der Waals surface area contributed by atoms with Crippen LogP contribution in [-0.2, 0) is 6.42 Å². The van der Waals surface area contributed by atoms with Crippen molar-refractivity contribution in [3.8, 4) is 0 Å². The molecule has 1 N–H and O–H groups in total. The molecule has 0 aliphatic heterocycles. The number of hydrogen-bond acceptors (Lipinski definition) is 3. The Kier molecular flexibility index (Phi) is 2.95. The van der Waals surface area contributed by atoms with Crippen molar-refractivity contribution in [2.75, 3.05) is 12.4 Å². The summed E-state index contributed by atoms with van der Waals surface area (Å²) in [6, 6.07) is 8.93. The minimum absolute atomic E-state index is 0.584. The van der Waals surface area contributed by atoms with Gasteiger partial charge in [-0.3, -0.25) is 0 Å². The van der Waals surface area contributed by atoms with Crippen LogP contribution in [0, 0.1) is 13.8 Å². The van der Waals surface area contributed by atoms with Crippen molar-refractivity contribution in [1.82, 2.24) is 4.98 Å². The Hall–Kier alpha value is -1.77. The van der Waals surface area contributed by atoms with Crippen molar-refractivity contribution >= 4 is 6.01 Å². The molecule has 0 aliphatic carbocycles. The zero-order valence-electron chi connectivity index (χ0n) is 9.87. The van der Waals surface area contributed by atoms with Gasteiger partial charge in [-0.25, -0.2) is 0 Å². The average Bonchev–Trinajstić information content (AvgIpc) is 2.63. The molecular weight excluding hydrogens is 200 g/mol. The number of oxazole rings is 1. The molecule has 0 saturated heterocycles. The van der Waals surface area contributed by atoms with E-state index in [0.717, 1.165) is 17.9 Å². The number of aromatic nitrogens is 1. The highest BCUT2D eigenvalue weighted by atomic mass is 16.4. The van der Waals surface area contributed by atoms with Gasteiger partial charge < -0.3 is 9.73 Å². The maximum atomic E-state index is 5.45. The number of anilines is 1. The summed E-state index contributed by atoms with van der Waals surface area (Å²) >= 11 is 0. The molecule has 2 rings (SSSR count). The first kappa shape index (κ1) is 10.7. The van der Waals surface area contributed by atoms with Crippen LogP contribution in [-0.4, -0.2) is 12.0 Å². The fourth-order valence-corrected chi connectivity index (χ4v) is 1.69. The highest BCUT2D eigenvalue weighted by Gasteiger charge is 2.09. The van der Waals surface area contributed by atoms with E-state index in [0.29, 0.717) is 6.01 Å². The second kappa shape index (κ2) is 4.39. The minimum atomic E-state index is 0.584. The van der Waals surface area contributed by atoms with Gasteiger partial charge in [0.15, 0.2) is 0 Å². The average molecular weight is 216 g/mol. The first-order chi connectivity index (χ1) is 7.70. The third-order valence-corrected chi connectivity index (χ3v) is 2.73.